The van der Waals surface area contributed by atoms with Gasteiger partial charge in [0.2, 0.25) is 0 Å². The number of alkyl halides is 3. The summed E-state index contributed by atoms with van der Waals surface area (Å²) in [6.45, 7) is 0. The minimum atomic E-state index is -4.55. The highest BCUT2D eigenvalue weighted by Crippen LogP contribution is 2.36. The third-order valence-electron chi connectivity index (χ3n) is 3.72. The number of hydrogen-bond donors (Lipinski definition) is 1. The Bertz CT molecular complexity index is 953. The molecule has 2 amide bonds. The van der Waals surface area contributed by atoms with E-state index >= 15 is 0 Å². The number of benzene rings is 2. The third-order valence-corrected chi connectivity index (χ3v) is 4.46. The minimum Gasteiger partial charge on any atom is -0.502 e. The van der Waals surface area contributed by atoms with Crippen molar-refractivity contribution in [3.05, 3.63) is 69.4 Å². The first-order chi connectivity index (χ1) is 12.1. The second-order valence-corrected chi connectivity index (χ2v) is 6.16. The van der Waals surface area contributed by atoms with Crippen molar-refractivity contribution in [1.82, 2.24) is 0 Å². The lowest BCUT2D eigenvalue weighted by Gasteiger charge is -2.15. The van der Waals surface area contributed by atoms with E-state index in [1.807, 2.05) is 0 Å². The van der Waals surface area contributed by atoms with Gasteiger partial charge < -0.3 is 5.11 Å². The van der Waals surface area contributed by atoms with E-state index in [0.717, 1.165) is 24.3 Å². The monoisotopic (exact) mass is 401 g/mol. The van der Waals surface area contributed by atoms with Crippen LogP contribution < -0.4 is 4.90 Å². The van der Waals surface area contributed by atoms with Gasteiger partial charge in [0.25, 0.3) is 5.91 Å². The molecule has 0 atom stereocenters. The number of rotatable bonds is 2. The summed E-state index contributed by atoms with van der Waals surface area (Å²) in [4.78, 5) is 25.5. The van der Waals surface area contributed by atoms with Crippen LogP contribution in [0.3, 0.4) is 0 Å². The third kappa shape index (κ3) is 3.04. The van der Waals surface area contributed by atoms with Crippen LogP contribution in [0.25, 0.3) is 5.57 Å². The molecule has 1 aliphatic rings. The van der Waals surface area contributed by atoms with Crippen molar-refractivity contribution in [2.75, 3.05) is 4.90 Å². The lowest BCUT2D eigenvalue weighted by molar-refractivity contribution is -0.137. The van der Waals surface area contributed by atoms with Crippen molar-refractivity contribution in [3.8, 4) is 0 Å². The van der Waals surface area contributed by atoms with Gasteiger partial charge in [-0.15, -0.1) is 0 Å². The molecule has 2 aromatic rings. The molecule has 0 radical (unpaired) electrons. The molecule has 1 heterocycles. The van der Waals surface area contributed by atoms with Gasteiger partial charge in [-0.25, -0.2) is 4.90 Å². The highest BCUT2D eigenvalue weighted by atomic mass is 35.5. The first-order valence-electron chi connectivity index (χ1n) is 7.06. The van der Waals surface area contributed by atoms with Crippen LogP contribution in [0, 0.1) is 0 Å². The average molecular weight is 402 g/mol. The highest BCUT2D eigenvalue weighted by Gasteiger charge is 2.40. The second-order valence-electron chi connectivity index (χ2n) is 5.34. The average Bonchev–Trinajstić information content (AvgIpc) is 2.79. The topological polar surface area (TPSA) is 57.6 Å². The number of imide groups is 1. The Labute approximate surface area is 155 Å². The van der Waals surface area contributed by atoms with E-state index in [1.54, 1.807) is 0 Å². The van der Waals surface area contributed by atoms with Crippen LogP contribution in [-0.4, -0.2) is 16.9 Å². The molecule has 0 saturated heterocycles. The number of nitrogens with zero attached hydrogens (tertiary/aromatic N) is 1. The Morgan fingerprint density at radius 3 is 2.04 bits per heavy atom. The molecule has 0 aliphatic carbocycles. The zero-order valence-corrected chi connectivity index (χ0v) is 14.2. The second kappa shape index (κ2) is 6.34. The summed E-state index contributed by atoms with van der Waals surface area (Å²) in [5, 5.41) is 10.3. The standard InChI is InChI=1S/C17H8Cl2F3NO3/c18-11-6-5-10(7-12(11)19)23-15(25)13(14(24)16(23)26)8-1-3-9(4-2-8)17(20,21)22/h1-7,24H. The Morgan fingerprint density at radius 1 is 0.885 bits per heavy atom. The van der Waals surface area contributed by atoms with E-state index in [9.17, 15) is 27.9 Å². The smallest absolute Gasteiger partial charge is 0.416 e. The van der Waals surface area contributed by atoms with Crippen molar-refractivity contribution < 1.29 is 27.9 Å². The van der Waals surface area contributed by atoms with Crippen molar-refractivity contribution in [3.63, 3.8) is 0 Å². The predicted octanol–water partition coefficient (Wildman–Crippen LogP) is 4.85. The molecule has 134 valence electrons. The van der Waals surface area contributed by atoms with Crippen molar-refractivity contribution in [2.45, 2.75) is 6.18 Å². The molecule has 0 fully saturated rings. The predicted molar refractivity (Wildman–Crippen MR) is 89.9 cm³/mol. The van der Waals surface area contributed by atoms with Crippen molar-refractivity contribution in [1.29, 1.82) is 0 Å². The number of amides is 2. The van der Waals surface area contributed by atoms with Gasteiger partial charge in [-0.1, -0.05) is 35.3 Å². The first-order valence-corrected chi connectivity index (χ1v) is 7.81. The van der Waals surface area contributed by atoms with Gasteiger partial charge in [-0.3, -0.25) is 9.59 Å². The van der Waals surface area contributed by atoms with Crippen LogP contribution in [0.2, 0.25) is 10.0 Å². The van der Waals surface area contributed by atoms with E-state index in [2.05, 4.69) is 0 Å². The Hall–Kier alpha value is -2.51. The Balaban J connectivity index is 2.00. The van der Waals surface area contributed by atoms with Crippen LogP contribution in [0.4, 0.5) is 18.9 Å². The molecule has 0 unspecified atom stereocenters. The van der Waals surface area contributed by atoms with E-state index in [1.165, 1.54) is 18.2 Å². The summed E-state index contributed by atoms with van der Waals surface area (Å²) in [7, 11) is 0. The molecule has 0 saturated carbocycles. The number of carbonyl (C=O) groups is 2. The quantitative estimate of drug-likeness (QED) is 0.731. The largest absolute Gasteiger partial charge is 0.502 e. The maximum atomic E-state index is 12.7. The number of hydrogen-bond acceptors (Lipinski definition) is 3. The Kier molecular flexibility index (Phi) is 4.46. The van der Waals surface area contributed by atoms with E-state index in [0.29, 0.717) is 4.90 Å². The summed E-state index contributed by atoms with van der Waals surface area (Å²) in [5.41, 5.74) is -1.26. The fraction of sp³-hybridized carbons (Fsp3) is 0.0588. The normalized spacial score (nSPS) is 15.2. The van der Waals surface area contributed by atoms with Crippen LogP contribution >= 0.6 is 23.2 Å². The number of halogens is 5. The summed E-state index contributed by atoms with van der Waals surface area (Å²) in [6, 6.07) is 7.53. The molecule has 26 heavy (non-hydrogen) atoms. The van der Waals surface area contributed by atoms with Crippen LogP contribution in [0.15, 0.2) is 48.2 Å². The van der Waals surface area contributed by atoms with Gasteiger partial charge >= 0.3 is 12.1 Å². The summed E-state index contributed by atoms with van der Waals surface area (Å²) in [5.74, 6) is -2.75. The number of aliphatic hydroxyl groups excluding tert-OH is 1. The minimum absolute atomic E-state index is 0.0172. The zero-order valence-electron chi connectivity index (χ0n) is 12.6. The molecular weight excluding hydrogens is 394 g/mol. The SMILES string of the molecule is O=C1C(O)=C(c2ccc(C(F)(F)F)cc2)C(=O)N1c1ccc(Cl)c(Cl)c1. The number of carbonyl (C=O) groups excluding carboxylic acids is 2. The highest BCUT2D eigenvalue weighted by molar-refractivity contribution is 6.46. The summed E-state index contributed by atoms with van der Waals surface area (Å²) < 4.78 is 38.0. The van der Waals surface area contributed by atoms with Gasteiger partial charge in [-0.05, 0) is 35.9 Å². The molecule has 1 N–H and O–H groups in total. The molecule has 2 aromatic carbocycles. The maximum absolute atomic E-state index is 12.7. The number of anilines is 1. The molecule has 1 aliphatic heterocycles. The Morgan fingerprint density at radius 2 is 1.50 bits per heavy atom. The van der Waals surface area contributed by atoms with Gasteiger partial charge in [0.1, 0.15) is 0 Å². The maximum Gasteiger partial charge on any atom is 0.416 e. The molecule has 0 spiro atoms. The molecule has 0 bridgehead atoms. The fourth-order valence-corrected chi connectivity index (χ4v) is 2.76. The number of aliphatic hydroxyl groups is 1. The lowest BCUT2D eigenvalue weighted by Crippen LogP contribution is -2.31. The zero-order chi connectivity index (χ0) is 19.2. The first kappa shape index (κ1) is 18.3. The van der Waals surface area contributed by atoms with Crippen molar-refractivity contribution in [2.24, 2.45) is 0 Å². The molecular formula is C17H8Cl2F3NO3. The summed E-state index contributed by atoms with van der Waals surface area (Å²) in [6.07, 6.45) is -4.55. The van der Waals surface area contributed by atoms with Crippen molar-refractivity contribution >= 4 is 46.3 Å². The van der Waals surface area contributed by atoms with Gasteiger partial charge in [0, 0.05) is 0 Å². The van der Waals surface area contributed by atoms with Gasteiger partial charge in [-0.2, -0.15) is 13.2 Å². The lowest BCUT2D eigenvalue weighted by atomic mass is 10.0. The van der Waals surface area contributed by atoms with E-state index in [4.69, 9.17) is 23.2 Å². The van der Waals surface area contributed by atoms with Crippen LogP contribution in [0.1, 0.15) is 11.1 Å². The molecule has 3 rings (SSSR count). The molecule has 4 nitrogen and oxygen atoms in total. The van der Waals surface area contributed by atoms with Gasteiger partial charge in [0.05, 0.1) is 26.9 Å². The van der Waals surface area contributed by atoms with E-state index < -0.39 is 34.9 Å². The summed E-state index contributed by atoms with van der Waals surface area (Å²) >= 11 is 11.7. The molecule has 0 aromatic heterocycles. The van der Waals surface area contributed by atoms with E-state index in [-0.39, 0.29) is 21.3 Å². The molecule has 9 heteroatoms. The van der Waals surface area contributed by atoms with Crippen LogP contribution in [0.5, 0.6) is 0 Å². The van der Waals surface area contributed by atoms with Crippen LogP contribution in [-0.2, 0) is 15.8 Å². The van der Waals surface area contributed by atoms with Gasteiger partial charge in [0.15, 0.2) is 5.76 Å². The fourth-order valence-electron chi connectivity index (χ4n) is 2.46.